The first-order valence-corrected chi connectivity index (χ1v) is 2.80. The molecule has 0 heterocycles. The maximum Gasteiger partial charge on any atom is 0.328 e. The van der Waals surface area contributed by atoms with E-state index < -0.39 is 18.0 Å². The highest BCUT2D eigenvalue weighted by atomic mass is 16.4. The number of carbonyl (C=O) groups excluding carboxylic acids is 1. The van der Waals surface area contributed by atoms with E-state index in [9.17, 15) is 14.4 Å². The van der Waals surface area contributed by atoms with Crippen LogP contribution in [0.25, 0.3) is 0 Å². The van der Waals surface area contributed by atoms with Gasteiger partial charge in [-0.15, -0.1) is 0 Å². The van der Waals surface area contributed by atoms with Crippen LogP contribution in [0, 0.1) is 0 Å². The van der Waals surface area contributed by atoms with Gasteiger partial charge in [-0.1, -0.05) is 0 Å². The average molecular weight is 191 g/mol. The predicted octanol–water partition coefficient (Wildman–Crippen LogP) is -1.76. The normalized spacial score (nSPS) is 8.38. The summed E-state index contributed by atoms with van der Waals surface area (Å²) in [6.07, 6.45) is 1.12. The van der Waals surface area contributed by atoms with E-state index in [1.807, 2.05) is 0 Å². The minimum atomic E-state index is -1.26. The van der Waals surface area contributed by atoms with E-state index in [1.54, 1.807) is 5.43 Å². The maximum atomic E-state index is 9.55. The van der Waals surface area contributed by atoms with E-state index in [-0.39, 0.29) is 0 Å². The number of rotatable bonds is 2. The van der Waals surface area contributed by atoms with Crippen LogP contribution in [0.4, 0.5) is 4.79 Å². The van der Waals surface area contributed by atoms with Gasteiger partial charge in [0.2, 0.25) is 0 Å². The summed E-state index contributed by atoms with van der Waals surface area (Å²) in [5.41, 5.74) is 6.08. The lowest BCUT2D eigenvalue weighted by molar-refractivity contribution is -0.134. The van der Waals surface area contributed by atoms with Gasteiger partial charge in [0.05, 0.1) is 0 Å². The monoisotopic (exact) mass is 191 g/mol. The average Bonchev–Trinajstić information content (AvgIpc) is 2.02. The molecule has 0 saturated carbocycles. The van der Waals surface area contributed by atoms with Crippen LogP contribution in [-0.4, -0.2) is 28.2 Å². The van der Waals surface area contributed by atoms with Crippen molar-refractivity contribution < 1.29 is 24.6 Å². The predicted molar refractivity (Wildman–Crippen MR) is 41.3 cm³/mol. The molecule has 13 heavy (non-hydrogen) atoms. The van der Waals surface area contributed by atoms with Crippen LogP contribution >= 0.6 is 0 Å². The number of carboxylic acid groups (broad SMARTS) is 2. The number of nitrogens with two attached hydrogens (primary N) is 2. The molecule has 0 aliphatic rings. The zero-order valence-corrected chi connectivity index (χ0v) is 6.43. The zero-order valence-electron chi connectivity index (χ0n) is 6.43. The van der Waals surface area contributed by atoms with E-state index >= 15 is 0 Å². The fraction of sp³-hybridized carbons (Fsp3) is 0. The number of aliphatic carboxylic acids is 2. The second kappa shape index (κ2) is 8.01. The molecule has 0 bridgehead atoms. The standard InChI is InChI=1S/C4H4O4.CH5N3O/c5-3(6)1-2-4(7)8;2-1(5)4-3/h1-2H,(H,5,6)(H,7,8);3H2,(H3,2,4,5)/b2-1-;. The number of hydrazine groups is 1. The van der Waals surface area contributed by atoms with Crippen LogP contribution in [-0.2, 0) is 9.59 Å². The zero-order chi connectivity index (χ0) is 10.9. The van der Waals surface area contributed by atoms with Gasteiger partial charge in [-0.25, -0.2) is 20.2 Å². The summed E-state index contributed by atoms with van der Waals surface area (Å²) in [5.74, 6) is 1.93. The molecule has 0 aliphatic heterocycles. The number of nitrogens with one attached hydrogen (secondary N) is 1. The SMILES string of the molecule is NNC(N)=O.O=C(O)/C=C\C(=O)O. The highest BCUT2D eigenvalue weighted by Crippen LogP contribution is 1.70. The van der Waals surface area contributed by atoms with Crippen LogP contribution < -0.4 is 17.0 Å². The smallest absolute Gasteiger partial charge is 0.328 e. The fourth-order valence-corrected chi connectivity index (χ4v) is 0.143. The van der Waals surface area contributed by atoms with Crippen molar-refractivity contribution in [2.45, 2.75) is 0 Å². The molecule has 8 heteroatoms. The molecule has 0 fully saturated rings. The Morgan fingerprint density at radius 3 is 1.38 bits per heavy atom. The Kier molecular flexibility index (Phi) is 8.32. The van der Waals surface area contributed by atoms with Gasteiger partial charge in [-0.2, -0.15) is 0 Å². The number of primary amides is 1. The second-order valence-electron chi connectivity index (χ2n) is 1.52. The molecule has 0 aromatic rings. The van der Waals surface area contributed by atoms with Crippen molar-refractivity contribution in [1.82, 2.24) is 5.43 Å². The second-order valence-corrected chi connectivity index (χ2v) is 1.52. The first-order valence-electron chi connectivity index (χ1n) is 2.80. The van der Waals surface area contributed by atoms with Crippen LogP contribution in [0.3, 0.4) is 0 Å². The lowest BCUT2D eigenvalue weighted by Crippen LogP contribution is -2.34. The minimum absolute atomic E-state index is 0.558. The topological polar surface area (TPSA) is 156 Å². The Bertz CT molecular complexity index is 208. The first kappa shape index (κ1) is 13.5. The van der Waals surface area contributed by atoms with E-state index in [0.717, 1.165) is 0 Å². The molecular formula is C5H9N3O5. The molecule has 0 spiro atoms. The minimum Gasteiger partial charge on any atom is -0.478 e. The fourth-order valence-electron chi connectivity index (χ4n) is 0.143. The molecule has 0 saturated heterocycles. The van der Waals surface area contributed by atoms with Gasteiger partial charge in [-0.3, -0.25) is 5.43 Å². The number of amides is 2. The molecule has 0 rings (SSSR count). The van der Waals surface area contributed by atoms with Gasteiger partial charge in [0, 0.05) is 12.2 Å². The highest BCUT2D eigenvalue weighted by Gasteiger charge is 1.88. The number of urea groups is 1. The van der Waals surface area contributed by atoms with Crippen molar-refractivity contribution in [2.24, 2.45) is 11.6 Å². The summed E-state index contributed by atoms with van der Waals surface area (Å²) >= 11 is 0. The Balaban J connectivity index is 0. The van der Waals surface area contributed by atoms with Gasteiger partial charge < -0.3 is 15.9 Å². The van der Waals surface area contributed by atoms with Crippen molar-refractivity contribution in [2.75, 3.05) is 0 Å². The van der Waals surface area contributed by atoms with Crippen molar-refractivity contribution in [3.05, 3.63) is 12.2 Å². The molecule has 0 unspecified atom stereocenters. The summed E-state index contributed by atoms with van der Waals surface area (Å²) in [6.45, 7) is 0. The van der Waals surface area contributed by atoms with Crippen LogP contribution in [0.5, 0.6) is 0 Å². The van der Waals surface area contributed by atoms with Crippen molar-refractivity contribution >= 4 is 18.0 Å². The van der Waals surface area contributed by atoms with Gasteiger partial charge in [0.25, 0.3) is 0 Å². The molecular weight excluding hydrogens is 182 g/mol. The van der Waals surface area contributed by atoms with Gasteiger partial charge in [-0.05, 0) is 0 Å². The van der Waals surface area contributed by atoms with Gasteiger partial charge in [0.15, 0.2) is 0 Å². The number of carbonyl (C=O) groups is 3. The summed E-state index contributed by atoms with van der Waals surface area (Å²) < 4.78 is 0. The lowest BCUT2D eigenvalue weighted by Gasteiger charge is -1.81. The molecule has 7 N–H and O–H groups in total. The van der Waals surface area contributed by atoms with Crippen LogP contribution in [0.1, 0.15) is 0 Å². The summed E-state index contributed by atoms with van der Waals surface area (Å²) in [5, 5.41) is 15.6. The van der Waals surface area contributed by atoms with E-state index in [1.165, 1.54) is 0 Å². The quantitative estimate of drug-likeness (QED) is 0.150. The van der Waals surface area contributed by atoms with Crippen LogP contribution in [0.2, 0.25) is 0 Å². The Morgan fingerprint density at radius 2 is 1.31 bits per heavy atom. The van der Waals surface area contributed by atoms with Gasteiger partial charge >= 0.3 is 18.0 Å². The third-order valence-corrected chi connectivity index (χ3v) is 0.511. The van der Waals surface area contributed by atoms with E-state index in [0.29, 0.717) is 12.2 Å². The van der Waals surface area contributed by atoms with Crippen LogP contribution in [0.15, 0.2) is 12.2 Å². The Hall–Kier alpha value is -2.09. The maximum absolute atomic E-state index is 9.55. The highest BCUT2D eigenvalue weighted by molar-refractivity contribution is 5.89. The summed E-state index contributed by atoms with van der Waals surface area (Å²) in [6, 6.07) is -0.718. The molecule has 0 aliphatic carbocycles. The van der Waals surface area contributed by atoms with Crippen molar-refractivity contribution in [1.29, 1.82) is 0 Å². The molecule has 0 aromatic heterocycles. The third kappa shape index (κ3) is 25.7. The summed E-state index contributed by atoms with van der Waals surface area (Å²) in [7, 11) is 0. The first-order chi connectivity index (χ1) is 5.90. The van der Waals surface area contributed by atoms with Crippen molar-refractivity contribution in [3.63, 3.8) is 0 Å². The Morgan fingerprint density at radius 1 is 1.08 bits per heavy atom. The lowest BCUT2D eigenvalue weighted by atomic mass is 10.5. The molecule has 74 valence electrons. The molecule has 0 radical (unpaired) electrons. The number of hydrogen-bond donors (Lipinski definition) is 5. The molecule has 0 aromatic carbocycles. The molecule has 8 nitrogen and oxygen atoms in total. The van der Waals surface area contributed by atoms with Crippen molar-refractivity contribution in [3.8, 4) is 0 Å². The largest absolute Gasteiger partial charge is 0.478 e. The van der Waals surface area contributed by atoms with E-state index in [2.05, 4.69) is 11.6 Å². The van der Waals surface area contributed by atoms with Gasteiger partial charge in [0.1, 0.15) is 0 Å². The third-order valence-electron chi connectivity index (χ3n) is 0.511. The number of carboxylic acids is 2. The summed E-state index contributed by atoms with van der Waals surface area (Å²) in [4.78, 5) is 28.5. The number of hydrogen-bond acceptors (Lipinski definition) is 4. The Labute approximate surface area is 72.8 Å². The molecule has 0 atom stereocenters. The van der Waals surface area contributed by atoms with E-state index in [4.69, 9.17) is 10.2 Å². The molecule has 2 amide bonds.